The molecule has 0 unspecified atom stereocenters. The summed E-state index contributed by atoms with van der Waals surface area (Å²) >= 11 is 4.91. The maximum absolute atomic E-state index is 8.66. The molecule has 0 aliphatic carbocycles. The van der Waals surface area contributed by atoms with Gasteiger partial charge in [-0.3, -0.25) is 0 Å². The van der Waals surface area contributed by atoms with E-state index in [1.54, 1.807) is 0 Å². The van der Waals surface area contributed by atoms with E-state index in [4.69, 9.17) is 5.26 Å². The number of fused-ring (bicyclic) bond motifs is 1. The van der Waals surface area contributed by atoms with E-state index in [0.29, 0.717) is 0 Å². The van der Waals surface area contributed by atoms with Crippen LogP contribution in [0, 0.1) is 11.3 Å². The van der Waals surface area contributed by atoms with Crippen molar-refractivity contribution in [2.45, 2.75) is 0 Å². The highest BCUT2D eigenvalue weighted by Gasteiger charge is 2.00. The molecule has 12 heavy (non-hydrogen) atoms. The molecule has 1 aromatic heterocycles. The van der Waals surface area contributed by atoms with Crippen molar-refractivity contribution in [1.29, 1.82) is 5.26 Å². The molecular formula is C9H4BrNS. The third-order valence-corrected chi connectivity index (χ3v) is 3.09. The average molecular weight is 238 g/mol. The maximum atomic E-state index is 8.66. The van der Waals surface area contributed by atoms with Crippen LogP contribution in [0.15, 0.2) is 28.7 Å². The minimum Gasteiger partial charge on any atom is -0.192 e. The van der Waals surface area contributed by atoms with Crippen LogP contribution in [-0.4, -0.2) is 0 Å². The molecule has 1 nitrogen and oxygen atoms in total. The van der Waals surface area contributed by atoms with Crippen molar-refractivity contribution >= 4 is 37.4 Å². The summed E-state index contributed by atoms with van der Waals surface area (Å²) in [6.07, 6.45) is 0. The highest BCUT2D eigenvalue weighted by atomic mass is 79.9. The highest BCUT2D eigenvalue weighted by Crippen LogP contribution is 2.27. The van der Waals surface area contributed by atoms with Crippen LogP contribution in [0.4, 0.5) is 0 Å². The summed E-state index contributed by atoms with van der Waals surface area (Å²) in [4.78, 5) is 0.767. The SMILES string of the molecule is N#Cc1cc2ccc(Br)cc2s1. The van der Waals surface area contributed by atoms with E-state index >= 15 is 0 Å². The van der Waals surface area contributed by atoms with Gasteiger partial charge >= 0.3 is 0 Å². The van der Waals surface area contributed by atoms with Crippen molar-refractivity contribution in [2.75, 3.05) is 0 Å². The lowest BCUT2D eigenvalue weighted by atomic mass is 10.2. The van der Waals surface area contributed by atoms with Gasteiger partial charge in [-0.15, -0.1) is 11.3 Å². The Hall–Kier alpha value is -0.850. The van der Waals surface area contributed by atoms with Gasteiger partial charge in [-0.05, 0) is 23.6 Å². The Bertz CT molecular complexity index is 467. The molecule has 0 fully saturated rings. The zero-order chi connectivity index (χ0) is 8.55. The smallest absolute Gasteiger partial charge is 0.110 e. The fraction of sp³-hybridized carbons (Fsp3) is 0. The lowest BCUT2D eigenvalue weighted by Crippen LogP contribution is -1.61. The number of rotatable bonds is 0. The number of hydrogen-bond donors (Lipinski definition) is 0. The molecule has 2 rings (SSSR count). The van der Waals surface area contributed by atoms with Crippen LogP contribution < -0.4 is 0 Å². The van der Waals surface area contributed by atoms with Gasteiger partial charge in [0.15, 0.2) is 0 Å². The van der Waals surface area contributed by atoms with Crippen LogP contribution >= 0.6 is 27.3 Å². The van der Waals surface area contributed by atoms with Crippen molar-refractivity contribution in [1.82, 2.24) is 0 Å². The van der Waals surface area contributed by atoms with E-state index in [1.165, 1.54) is 11.3 Å². The average Bonchev–Trinajstić information content (AvgIpc) is 2.46. The van der Waals surface area contributed by atoms with E-state index in [2.05, 4.69) is 22.0 Å². The summed E-state index contributed by atoms with van der Waals surface area (Å²) in [5.74, 6) is 0. The Morgan fingerprint density at radius 3 is 2.92 bits per heavy atom. The Kier molecular flexibility index (Phi) is 1.87. The van der Waals surface area contributed by atoms with Gasteiger partial charge in [-0.1, -0.05) is 22.0 Å². The predicted octanol–water partition coefficient (Wildman–Crippen LogP) is 3.54. The van der Waals surface area contributed by atoms with Gasteiger partial charge in [-0.2, -0.15) is 5.26 Å². The first kappa shape index (κ1) is 7.78. The molecule has 0 saturated heterocycles. The number of nitriles is 1. The predicted molar refractivity (Wildman–Crippen MR) is 54.2 cm³/mol. The molecule has 0 amide bonds. The lowest BCUT2D eigenvalue weighted by Gasteiger charge is -1.88. The van der Waals surface area contributed by atoms with Gasteiger partial charge in [0.1, 0.15) is 10.9 Å². The van der Waals surface area contributed by atoms with E-state index in [9.17, 15) is 0 Å². The highest BCUT2D eigenvalue weighted by molar-refractivity contribution is 9.10. The summed E-state index contributed by atoms with van der Waals surface area (Å²) in [5.41, 5.74) is 0. The van der Waals surface area contributed by atoms with Crippen molar-refractivity contribution in [2.24, 2.45) is 0 Å². The summed E-state index contributed by atoms with van der Waals surface area (Å²) in [6.45, 7) is 0. The molecule has 0 atom stereocenters. The molecule has 1 heterocycles. The third kappa shape index (κ3) is 1.24. The molecule has 0 bridgehead atoms. The first-order chi connectivity index (χ1) is 5.79. The van der Waals surface area contributed by atoms with Gasteiger partial charge in [0.05, 0.1) is 0 Å². The molecule has 0 radical (unpaired) electrons. The zero-order valence-corrected chi connectivity index (χ0v) is 8.45. The minimum atomic E-state index is 0.767. The van der Waals surface area contributed by atoms with Crippen LogP contribution in [-0.2, 0) is 0 Å². The second-order valence-electron chi connectivity index (χ2n) is 2.40. The van der Waals surface area contributed by atoms with Crippen LogP contribution in [0.1, 0.15) is 4.88 Å². The number of thiophene rings is 1. The fourth-order valence-corrected chi connectivity index (χ4v) is 2.47. The van der Waals surface area contributed by atoms with E-state index in [0.717, 1.165) is 19.4 Å². The molecule has 0 aliphatic rings. The van der Waals surface area contributed by atoms with Crippen LogP contribution in [0.25, 0.3) is 10.1 Å². The van der Waals surface area contributed by atoms with E-state index in [1.807, 2.05) is 24.3 Å². The van der Waals surface area contributed by atoms with Crippen LogP contribution in [0.5, 0.6) is 0 Å². The number of nitrogens with zero attached hydrogens (tertiary/aromatic N) is 1. The van der Waals surface area contributed by atoms with Gasteiger partial charge in [-0.25, -0.2) is 0 Å². The van der Waals surface area contributed by atoms with Gasteiger partial charge in [0, 0.05) is 9.17 Å². The van der Waals surface area contributed by atoms with Crippen LogP contribution in [0.2, 0.25) is 0 Å². The summed E-state index contributed by atoms with van der Waals surface area (Å²) < 4.78 is 2.21. The minimum absolute atomic E-state index is 0.767. The Morgan fingerprint density at radius 1 is 1.33 bits per heavy atom. The topological polar surface area (TPSA) is 23.8 Å². The maximum Gasteiger partial charge on any atom is 0.110 e. The Balaban J connectivity index is 2.77. The summed E-state index contributed by atoms with van der Waals surface area (Å²) in [5, 5.41) is 9.80. The second kappa shape index (κ2) is 2.89. The Morgan fingerprint density at radius 2 is 2.17 bits per heavy atom. The van der Waals surface area contributed by atoms with Crippen molar-refractivity contribution in [3.05, 3.63) is 33.6 Å². The normalized spacial score (nSPS) is 10.0. The molecule has 2 aromatic rings. The van der Waals surface area contributed by atoms with Crippen molar-refractivity contribution < 1.29 is 0 Å². The number of halogens is 1. The summed E-state index contributed by atoms with van der Waals surface area (Å²) in [6, 6.07) is 10.1. The number of hydrogen-bond acceptors (Lipinski definition) is 2. The monoisotopic (exact) mass is 237 g/mol. The van der Waals surface area contributed by atoms with Gasteiger partial charge < -0.3 is 0 Å². The van der Waals surface area contributed by atoms with Crippen LogP contribution in [0.3, 0.4) is 0 Å². The molecule has 0 saturated carbocycles. The molecule has 0 N–H and O–H groups in total. The third-order valence-electron chi connectivity index (χ3n) is 1.59. The van der Waals surface area contributed by atoms with Gasteiger partial charge in [0.25, 0.3) is 0 Å². The standard InChI is InChI=1S/C9H4BrNS/c10-7-2-1-6-3-8(5-11)12-9(6)4-7/h1-4H. The molecule has 0 aliphatic heterocycles. The zero-order valence-electron chi connectivity index (χ0n) is 6.04. The lowest BCUT2D eigenvalue weighted by molar-refractivity contribution is 1.52. The van der Waals surface area contributed by atoms with Crippen molar-refractivity contribution in [3.8, 4) is 6.07 Å². The Labute approximate surface area is 82.4 Å². The first-order valence-electron chi connectivity index (χ1n) is 3.39. The second-order valence-corrected chi connectivity index (χ2v) is 4.40. The molecule has 3 heteroatoms. The van der Waals surface area contributed by atoms with Gasteiger partial charge in [0.2, 0.25) is 0 Å². The molecule has 58 valence electrons. The molecular weight excluding hydrogens is 234 g/mol. The quantitative estimate of drug-likeness (QED) is 0.688. The van der Waals surface area contributed by atoms with E-state index in [-0.39, 0.29) is 0 Å². The van der Waals surface area contributed by atoms with E-state index < -0.39 is 0 Å². The van der Waals surface area contributed by atoms with Crippen molar-refractivity contribution in [3.63, 3.8) is 0 Å². The summed E-state index contributed by atoms with van der Waals surface area (Å²) in [7, 11) is 0. The first-order valence-corrected chi connectivity index (χ1v) is 5.00. The fourth-order valence-electron chi connectivity index (χ4n) is 1.06. The molecule has 0 spiro atoms. The number of benzene rings is 1. The largest absolute Gasteiger partial charge is 0.192 e. The molecule has 1 aromatic carbocycles.